The maximum atomic E-state index is 11.7. The molecule has 2 aromatic rings. The number of benzene rings is 2. The number of sulfonamides is 1. The van der Waals surface area contributed by atoms with Crippen molar-refractivity contribution < 1.29 is 8.42 Å². The minimum atomic E-state index is -3.26. The first-order chi connectivity index (χ1) is 15.0. The van der Waals surface area contributed by atoms with Gasteiger partial charge in [-0.05, 0) is 43.5 Å². The van der Waals surface area contributed by atoms with E-state index in [1.807, 2.05) is 30.3 Å². The van der Waals surface area contributed by atoms with Gasteiger partial charge < -0.3 is 10.2 Å². The van der Waals surface area contributed by atoms with E-state index in [4.69, 9.17) is 4.99 Å². The van der Waals surface area contributed by atoms with Crippen LogP contribution in [0.2, 0.25) is 0 Å². The monoisotopic (exact) mass is 440 g/mol. The summed E-state index contributed by atoms with van der Waals surface area (Å²) >= 11 is 0. The summed E-state index contributed by atoms with van der Waals surface area (Å²) < 4.78 is 25.7. The Bertz CT molecular complexity index is 990. The Kier molecular flexibility index (Phi) is 8.26. The Labute approximate surface area is 186 Å². The van der Waals surface area contributed by atoms with Crippen LogP contribution in [0.4, 0.5) is 0 Å². The zero-order valence-corrected chi connectivity index (χ0v) is 19.2. The van der Waals surface area contributed by atoms with Crippen molar-refractivity contribution >= 4 is 22.1 Å². The molecule has 1 aliphatic rings. The van der Waals surface area contributed by atoms with Gasteiger partial charge in [0.1, 0.15) is 0 Å². The molecule has 1 fully saturated rings. The quantitative estimate of drug-likeness (QED) is 0.511. The molecule has 0 unspecified atom stereocenters. The smallest absolute Gasteiger partial charge is 0.215 e. The highest BCUT2D eigenvalue weighted by molar-refractivity contribution is 7.88. The fourth-order valence-corrected chi connectivity index (χ4v) is 4.34. The molecule has 1 saturated heterocycles. The van der Waals surface area contributed by atoms with E-state index in [2.05, 4.69) is 52.2 Å². The van der Waals surface area contributed by atoms with Gasteiger partial charge in [0.15, 0.2) is 5.96 Å². The largest absolute Gasteiger partial charge is 0.357 e. The highest BCUT2D eigenvalue weighted by atomic mass is 32.2. The van der Waals surface area contributed by atoms with Crippen LogP contribution in [0.25, 0.3) is 6.08 Å². The Morgan fingerprint density at radius 1 is 1.03 bits per heavy atom. The molecule has 2 aromatic carbocycles. The summed E-state index contributed by atoms with van der Waals surface area (Å²) in [5.74, 6) is 0.922. The van der Waals surface area contributed by atoms with Crippen molar-refractivity contribution in [3.63, 3.8) is 0 Å². The van der Waals surface area contributed by atoms with E-state index in [0.29, 0.717) is 6.54 Å². The fraction of sp³-hybridized carbons (Fsp3) is 0.375. The Balaban J connectivity index is 1.60. The Morgan fingerprint density at radius 2 is 1.68 bits per heavy atom. The van der Waals surface area contributed by atoms with E-state index in [9.17, 15) is 8.42 Å². The number of rotatable bonds is 7. The lowest BCUT2D eigenvalue weighted by Crippen LogP contribution is -2.44. The van der Waals surface area contributed by atoms with Gasteiger partial charge in [0, 0.05) is 19.6 Å². The van der Waals surface area contributed by atoms with Gasteiger partial charge in [0.25, 0.3) is 0 Å². The number of piperidine rings is 1. The maximum absolute atomic E-state index is 11.7. The minimum Gasteiger partial charge on any atom is -0.357 e. The maximum Gasteiger partial charge on any atom is 0.215 e. The molecular weight excluding hydrogens is 408 g/mol. The van der Waals surface area contributed by atoms with Crippen LogP contribution in [-0.4, -0.2) is 46.0 Å². The van der Waals surface area contributed by atoms with Crippen LogP contribution in [0.3, 0.4) is 0 Å². The summed E-state index contributed by atoms with van der Waals surface area (Å²) in [5.41, 5.74) is 4.56. The van der Waals surface area contributed by atoms with Crippen LogP contribution in [0.15, 0.2) is 65.2 Å². The molecule has 0 spiro atoms. The molecular formula is C24H32N4O2S. The minimum absolute atomic E-state index is 0.0116. The van der Waals surface area contributed by atoms with E-state index < -0.39 is 10.0 Å². The first-order valence-electron chi connectivity index (χ1n) is 10.8. The lowest BCUT2D eigenvalue weighted by molar-refractivity contribution is 0.375. The predicted octanol–water partition coefficient (Wildman–Crippen LogP) is 3.38. The average Bonchev–Trinajstić information content (AvgIpc) is 2.79. The normalized spacial score (nSPS) is 15.1. The molecule has 1 aliphatic heterocycles. The van der Waals surface area contributed by atoms with Gasteiger partial charge in [0.05, 0.1) is 12.3 Å². The third-order valence-corrected chi connectivity index (χ3v) is 6.65. The molecule has 0 aromatic heterocycles. The molecule has 6 nitrogen and oxygen atoms in total. The summed E-state index contributed by atoms with van der Waals surface area (Å²) in [6, 6.07) is 18.1. The van der Waals surface area contributed by atoms with Gasteiger partial charge in [-0.15, -0.1) is 0 Å². The number of guanidine groups is 1. The first-order valence-corrected chi connectivity index (χ1v) is 12.4. The number of hydrogen-bond acceptors (Lipinski definition) is 3. The van der Waals surface area contributed by atoms with Crippen LogP contribution in [0.5, 0.6) is 0 Å². The SMILES string of the molecule is CCNC(=NCc1ccc(CS(=O)(=O)NC)cc1)N1CCC(=Cc2ccccc2)CC1. The summed E-state index contributed by atoms with van der Waals surface area (Å²) in [6.45, 7) is 5.36. The highest BCUT2D eigenvalue weighted by Crippen LogP contribution is 2.19. The van der Waals surface area contributed by atoms with Crippen LogP contribution in [0.1, 0.15) is 36.5 Å². The standard InChI is InChI=1S/C24H32N4O2S/c1-3-26-24(27-18-22-9-11-23(12-10-22)19-31(29,30)25-2)28-15-13-21(14-16-28)17-20-7-5-4-6-8-20/h4-12,17,25H,3,13-16,18-19H2,1-2H3,(H,26,27). The van der Waals surface area contributed by atoms with Crippen LogP contribution < -0.4 is 10.0 Å². The molecule has 166 valence electrons. The topological polar surface area (TPSA) is 73.8 Å². The molecule has 0 radical (unpaired) electrons. The molecule has 0 saturated carbocycles. The zero-order valence-electron chi connectivity index (χ0n) is 18.3. The summed E-state index contributed by atoms with van der Waals surface area (Å²) in [5, 5.41) is 3.41. The second-order valence-corrected chi connectivity index (χ2v) is 9.58. The summed E-state index contributed by atoms with van der Waals surface area (Å²) in [6.07, 6.45) is 4.37. The molecule has 0 amide bonds. The van der Waals surface area contributed by atoms with Gasteiger partial charge in [0.2, 0.25) is 10.0 Å². The van der Waals surface area contributed by atoms with Crippen molar-refractivity contribution in [2.75, 3.05) is 26.7 Å². The van der Waals surface area contributed by atoms with Crippen molar-refractivity contribution in [2.45, 2.75) is 32.1 Å². The van der Waals surface area contributed by atoms with Gasteiger partial charge in [-0.3, -0.25) is 0 Å². The number of nitrogens with one attached hydrogen (secondary N) is 2. The van der Waals surface area contributed by atoms with E-state index in [1.54, 1.807) is 0 Å². The van der Waals surface area contributed by atoms with Crippen molar-refractivity contribution in [1.82, 2.24) is 14.9 Å². The summed E-state index contributed by atoms with van der Waals surface area (Å²) in [4.78, 5) is 7.14. The van der Waals surface area contributed by atoms with Crippen molar-refractivity contribution in [3.05, 3.63) is 76.9 Å². The fourth-order valence-electron chi connectivity index (χ4n) is 3.56. The highest BCUT2D eigenvalue weighted by Gasteiger charge is 2.17. The average molecular weight is 441 g/mol. The number of aliphatic imine (C=N–C) groups is 1. The van der Waals surface area contributed by atoms with Gasteiger partial charge in [-0.25, -0.2) is 18.1 Å². The molecule has 0 atom stereocenters. The third kappa shape index (κ3) is 7.22. The van der Waals surface area contributed by atoms with Gasteiger partial charge in [-0.1, -0.05) is 66.2 Å². The molecule has 3 rings (SSSR count). The number of likely N-dealkylation sites (tertiary alicyclic amines) is 1. The number of hydrogen-bond donors (Lipinski definition) is 2. The Morgan fingerprint density at radius 3 is 2.29 bits per heavy atom. The third-order valence-electron chi connectivity index (χ3n) is 5.31. The van der Waals surface area contributed by atoms with Crippen LogP contribution >= 0.6 is 0 Å². The van der Waals surface area contributed by atoms with E-state index in [1.165, 1.54) is 18.2 Å². The predicted molar refractivity (Wildman–Crippen MR) is 128 cm³/mol. The molecule has 1 heterocycles. The molecule has 0 aliphatic carbocycles. The van der Waals surface area contributed by atoms with Crippen LogP contribution in [-0.2, 0) is 22.3 Å². The van der Waals surface area contributed by atoms with E-state index in [0.717, 1.165) is 49.6 Å². The molecule has 7 heteroatoms. The number of nitrogens with zero attached hydrogens (tertiary/aromatic N) is 2. The Hall–Kier alpha value is -2.64. The summed E-state index contributed by atoms with van der Waals surface area (Å²) in [7, 11) is -1.82. The second-order valence-electron chi connectivity index (χ2n) is 7.65. The zero-order chi connectivity index (χ0) is 22.1. The first kappa shape index (κ1) is 23.0. The van der Waals surface area contributed by atoms with Gasteiger partial charge >= 0.3 is 0 Å². The van der Waals surface area contributed by atoms with Crippen LogP contribution in [0, 0.1) is 0 Å². The van der Waals surface area contributed by atoms with E-state index >= 15 is 0 Å². The lowest BCUT2D eigenvalue weighted by atomic mass is 10.0. The molecule has 0 bridgehead atoms. The van der Waals surface area contributed by atoms with Crippen molar-refractivity contribution in [2.24, 2.45) is 4.99 Å². The second kappa shape index (κ2) is 11.1. The molecule has 31 heavy (non-hydrogen) atoms. The lowest BCUT2D eigenvalue weighted by Gasteiger charge is -2.31. The van der Waals surface area contributed by atoms with Gasteiger partial charge in [-0.2, -0.15) is 0 Å². The van der Waals surface area contributed by atoms with Crippen molar-refractivity contribution in [1.29, 1.82) is 0 Å². The molecule has 2 N–H and O–H groups in total. The van der Waals surface area contributed by atoms with Crippen molar-refractivity contribution in [3.8, 4) is 0 Å². The van der Waals surface area contributed by atoms with E-state index in [-0.39, 0.29) is 5.75 Å².